The SMILES string of the molecule is C=CC(CCCCCCCCCCCCCC)(Cc1ccccc1)C(C)(C)N. The van der Waals surface area contributed by atoms with Crippen LogP contribution in [0.4, 0.5) is 0 Å². The second-order valence-corrected chi connectivity index (χ2v) is 9.38. The van der Waals surface area contributed by atoms with Crippen molar-refractivity contribution in [3.63, 3.8) is 0 Å². The van der Waals surface area contributed by atoms with Crippen molar-refractivity contribution in [2.75, 3.05) is 0 Å². The molecule has 0 saturated carbocycles. The van der Waals surface area contributed by atoms with Crippen LogP contribution < -0.4 is 5.73 Å². The molecule has 1 atom stereocenters. The number of hydrogen-bond acceptors (Lipinski definition) is 1. The van der Waals surface area contributed by atoms with Crippen molar-refractivity contribution in [3.05, 3.63) is 48.6 Å². The van der Waals surface area contributed by atoms with Gasteiger partial charge in [-0.15, -0.1) is 6.58 Å². The molecule has 1 rings (SSSR count). The largest absolute Gasteiger partial charge is 0.325 e. The quantitative estimate of drug-likeness (QED) is 0.212. The maximum Gasteiger partial charge on any atom is 0.0192 e. The van der Waals surface area contributed by atoms with E-state index in [1.807, 2.05) is 0 Å². The van der Waals surface area contributed by atoms with Gasteiger partial charge in [-0.3, -0.25) is 0 Å². The molecular formula is C27H47N. The van der Waals surface area contributed by atoms with Crippen molar-refractivity contribution in [1.29, 1.82) is 0 Å². The van der Waals surface area contributed by atoms with Crippen molar-refractivity contribution >= 4 is 0 Å². The molecule has 0 radical (unpaired) electrons. The molecule has 0 aliphatic carbocycles. The van der Waals surface area contributed by atoms with Crippen LogP contribution in [0.1, 0.15) is 110 Å². The van der Waals surface area contributed by atoms with Crippen molar-refractivity contribution in [3.8, 4) is 0 Å². The summed E-state index contributed by atoms with van der Waals surface area (Å²) in [4.78, 5) is 0. The first-order chi connectivity index (χ1) is 13.4. The molecule has 28 heavy (non-hydrogen) atoms. The van der Waals surface area contributed by atoms with Gasteiger partial charge in [-0.1, -0.05) is 120 Å². The smallest absolute Gasteiger partial charge is 0.0192 e. The summed E-state index contributed by atoms with van der Waals surface area (Å²) >= 11 is 0. The third-order valence-corrected chi connectivity index (χ3v) is 6.51. The van der Waals surface area contributed by atoms with E-state index in [2.05, 4.69) is 63.8 Å². The zero-order valence-electron chi connectivity index (χ0n) is 19.1. The lowest BCUT2D eigenvalue weighted by atomic mass is 9.65. The molecule has 0 aliphatic rings. The second kappa shape index (κ2) is 14.0. The van der Waals surface area contributed by atoms with Crippen LogP contribution in [0.15, 0.2) is 43.0 Å². The fraction of sp³-hybridized carbons (Fsp3) is 0.704. The van der Waals surface area contributed by atoms with E-state index in [1.54, 1.807) is 0 Å². The minimum Gasteiger partial charge on any atom is -0.325 e. The second-order valence-electron chi connectivity index (χ2n) is 9.38. The summed E-state index contributed by atoms with van der Waals surface area (Å²) in [5, 5.41) is 0. The molecule has 0 aromatic heterocycles. The molecule has 1 nitrogen and oxygen atoms in total. The summed E-state index contributed by atoms with van der Waals surface area (Å²) in [6, 6.07) is 10.8. The van der Waals surface area contributed by atoms with Crippen LogP contribution in [-0.2, 0) is 6.42 Å². The van der Waals surface area contributed by atoms with Gasteiger partial charge in [0.1, 0.15) is 0 Å². The van der Waals surface area contributed by atoms with Crippen molar-refractivity contribution in [1.82, 2.24) is 0 Å². The van der Waals surface area contributed by atoms with E-state index < -0.39 is 0 Å². The standard InChI is InChI=1S/C27H47N/c1-5-7-8-9-10-11-12-13-14-15-16-20-23-27(6-2,26(3,4)28)24-25-21-18-17-19-22-25/h6,17-19,21-22H,2,5,7-16,20,23-24,28H2,1,3-4H3. The van der Waals surface area contributed by atoms with Crippen LogP contribution in [0.25, 0.3) is 0 Å². The Morgan fingerprint density at radius 3 is 1.68 bits per heavy atom. The molecule has 0 amide bonds. The van der Waals surface area contributed by atoms with Crippen molar-refractivity contribution < 1.29 is 0 Å². The molecule has 1 unspecified atom stereocenters. The normalized spacial score (nSPS) is 14.0. The molecule has 0 heterocycles. The highest BCUT2D eigenvalue weighted by molar-refractivity contribution is 5.21. The number of rotatable bonds is 17. The highest BCUT2D eigenvalue weighted by Crippen LogP contribution is 2.40. The fourth-order valence-corrected chi connectivity index (χ4v) is 4.32. The Balaban J connectivity index is 2.28. The maximum atomic E-state index is 6.64. The third kappa shape index (κ3) is 9.41. The summed E-state index contributed by atoms with van der Waals surface area (Å²) in [5.74, 6) is 0. The molecular weight excluding hydrogens is 338 g/mol. The van der Waals surface area contributed by atoms with Gasteiger partial charge in [0.2, 0.25) is 0 Å². The number of nitrogens with two attached hydrogens (primary N) is 1. The van der Waals surface area contributed by atoms with Gasteiger partial charge >= 0.3 is 0 Å². The number of hydrogen-bond donors (Lipinski definition) is 1. The van der Waals surface area contributed by atoms with E-state index in [9.17, 15) is 0 Å². The molecule has 2 N–H and O–H groups in total. The molecule has 0 bridgehead atoms. The lowest BCUT2D eigenvalue weighted by Gasteiger charge is -2.43. The summed E-state index contributed by atoms with van der Waals surface area (Å²) in [5.41, 5.74) is 7.71. The first kappa shape index (κ1) is 25.0. The van der Waals surface area contributed by atoms with Gasteiger partial charge in [-0.05, 0) is 32.3 Å². The highest BCUT2D eigenvalue weighted by atomic mass is 14.8. The highest BCUT2D eigenvalue weighted by Gasteiger charge is 2.39. The van der Waals surface area contributed by atoms with E-state index in [4.69, 9.17) is 5.73 Å². The van der Waals surface area contributed by atoms with E-state index >= 15 is 0 Å². The first-order valence-electron chi connectivity index (χ1n) is 11.9. The Hall–Kier alpha value is -1.08. The average molecular weight is 386 g/mol. The van der Waals surface area contributed by atoms with Gasteiger partial charge < -0.3 is 5.73 Å². The zero-order chi connectivity index (χ0) is 20.7. The predicted molar refractivity (Wildman–Crippen MR) is 127 cm³/mol. The Morgan fingerprint density at radius 2 is 1.25 bits per heavy atom. The molecule has 0 saturated heterocycles. The van der Waals surface area contributed by atoms with Crippen molar-refractivity contribution in [2.45, 2.75) is 116 Å². The lowest BCUT2D eigenvalue weighted by Crippen LogP contribution is -2.51. The topological polar surface area (TPSA) is 26.0 Å². The molecule has 1 heteroatoms. The summed E-state index contributed by atoms with van der Waals surface area (Å²) < 4.78 is 0. The van der Waals surface area contributed by atoms with Gasteiger partial charge in [0.25, 0.3) is 0 Å². The maximum absolute atomic E-state index is 6.64. The van der Waals surface area contributed by atoms with Crippen LogP contribution in [0, 0.1) is 5.41 Å². The van der Waals surface area contributed by atoms with E-state index in [1.165, 1.54) is 82.6 Å². The van der Waals surface area contributed by atoms with Gasteiger partial charge in [0.05, 0.1) is 0 Å². The summed E-state index contributed by atoms with van der Waals surface area (Å²) in [6.45, 7) is 10.8. The predicted octanol–water partition coefficient (Wildman–Crippen LogP) is 8.23. The fourth-order valence-electron chi connectivity index (χ4n) is 4.32. The molecule has 1 aromatic carbocycles. The van der Waals surface area contributed by atoms with Crippen molar-refractivity contribution in [2.24, 2.45) is 11.1 Å². The third-order valence-electron chi connectivity index (χ3n) is 6.51. The van der Waals surface area contributed by atoms with Crippen LogP contribution in [0.2, 0.25) is 0 Å². The molecule has 160 valence electrons. The monoisotopic (exact) mass is 385 g/mol. The lowest BCUT2D eigenvalue weighted by molar-refractivity contribution is 0.192. The molecule has 0 fully saturated rings. The summed E-state index contributed by atoms with van der Waals surface area (Å²) in [6.07, 6.45) is 20.9. The first-order valence-corrected chi connectivity index (χ1v) is 11.9. The number of benzene rings is 1. The molecule has 0 spiro atoms. The molecule has 1 aromatic rings. The van der Waals surface area contributed by atoms with Gasteiger partial charge in [0.15, 0.2) is 0 Å². The average Bonchev–Trinajstić information content (AvgIpc) is 2.67. The van der Waals surface area contributed by atoms with Gasteiger partial charge in [0, 0.05) is 11.0 Å². The zero-order valence-corrected chi connectivity index (χ0v) is 19.1. The number of unbranched alkanes of at least 4 members (excludes halogenated alkanes) is 11. The van der Waals surface area contributed by atoms with E-state index in [0.717, 1.165) is 12.8 Å². The van der Waals surface area contributed by atoms with E-state index in [-0.39, 0.29) is 11.0 Å². The minimum atomic E-state index is -0.262. The molecule has 0 aliphatic heterocycles. The van der Waals surface area contributed by atoms with E-state index in [0.29, 0.717) is 0 Å². The van der Waals surface area contributed by atoms with Gasteiger partial charge in [-0.25, -0.2) is 0 Å². The Morgan fingerprint density at radius 1 is 0.786 bits per heavy atom. The van der Waals surface area contributed by atoms with Crippen LogP contribution in [0.5, 0.6) is 0 Å². The van der Waals surface area contributed by atoms with Crippen LogP contribution in [-0.4, -0.2) is 5.54 Å². The summed E-state index contributed by atoms with van der Waals surface area (Å²) in [7, 11) is 0. The Kier molecular flexibility index (Phi) is 12.5. The Bertz CT molecular complexity index is 499. The van der Waals surface area contributed by atoms with Gasteiger partial charge in [-0.2, -0.15) is 0 Å². The van der Waals surface area contributed by atoms with Crippen LogP contribution in [0.3, 0.4) is 0 Å². The Labute approximate surface area is 176 Å². The van der Waals surface area contributed by atoms with Crippen LogP contribution >= 0.6 is 0 Å². The minimum absolute atomic E-state index is 0.0349.